The molecular weight excluding hydrogens is 184 g/mol. The van der Waals surface area contributed by atoms with Crippen molar-refractivity contribution in [2.75, 3.05) is 0 Å². The maximum Gasteiger partial charge on any atom is 0.119 e. The maximum atomic E-state index is 9.64. The Bertz CT molecular complexity index is 305. The van der Waals surface area contributed by atoms with E-state index in [9.17, 15) is 5.11 Å². The number of halogens is 1. The molecule has 1 aromatic rings. The first-order valence-corrected chi connectivity index (χ1v) is 4.84. The van der Waals surface area contributed by atoms with Gasteiger partial charge in [-0.1, -0.05) is 32.4 Å². The van der Waals surface area contributed by atoms with Gasteiger partial charge in [0.1, 0.15) is 5.75 Å². The predicted molar refractivity (Wildman–Crippen MR) is 56.4 cm³/mol. The highest BCUT2D eigenvalue weighted by Gasteiger charge is 2.21. The first-order valence-electron chi connectivity index (χ1n) is 4.46. The fourth-order valence-corrected chi connectivity index (χ4v) is 1.41. The molecule has 1 aromatic carbocycles. The summed E-state index contributed by atoms with van der Waals surface area (Å²) in [5.41, 5.74) is 0.900. The summed E-state index contributed by atoms with van der Waals surface area (Å²) in [6.07, 6.45) is 0.973. The molecule has 0 radical (unpaired) electrons. The first kappa shape index (κ1) is 10.4. The minimum absolute atomic E-state index is 0.0189. The summed E-state index contributed by atoms with van der Waals surface area (Å²) in [5.74, 6) is 0.330. The van der Waals surface area contributed by atoms with Gasteiger partial charge in [0.25, 0.3) is 0 Å². The van der Waals surface area contributed by atoms with Gasteiger partial charge in [0.05, 0.1) is 0 Å². The summed E-state index contributed by atoms with van der Waals surface area (Å²) in [6, 6.07) is 5.18. The van der Waals surface area contributed by atoms with Crippen LogP contribution in [-0.4, -0.2) is 5.11 Å². The topological polar surface area (TPSA) is 20.2 Å². The van der Waals surface area contributed by atoms with Crippen molar-refractivity contribution in [1.82, 2.24) is 0 Å². The standard InChI is InChI=1S/C11H15ClO/c1-4-11(2,3)9-7-8(12)5-6-10(9)13/h5-7,13H,4H2,1-3H3. The average Bonchev–Trinajstić information content (AvgIpc) is 2.09. The van der Waals surface area contributed by atoms with Crippen LogP contribution in [0.1, 0.15) is 32.8 Å². The van der Waals surface area contributed by atoms with E-state index in [1.54, 1.807) is 12.1 Å². The number of aromatic hydroxyl groups is 1. The summed E-state index contributed by atoms with van der Waals surface area (Å²) in [4.78, 5) is 0. The van der Waals surface area contributed by atoms with E-state index in [1.165, 1.54) is 0 Å². The quantitative estimate of drug-likeness (QED) is 0.768. The lowest BCUT2D eigenvalue weighted by atomic mass is 9.82. The molecule has 0 amide bonds. The lowest BCUT2D eigenvalue weighted by Gasteiger charge is -2.24. The van der Waals surface area contributed by atoms with Gasteiger partial charge in [0.15, 0.2) is 0 Å². The number of rotatable bonds is 2. The molecule has 0 bridgehead atoms. The van der Waals surface area contributed by atoms with E-state index in [2.05, 4.69) is 20.8 Å². The van der Waals surface area contributed by atoms with Crippen LogP contribution < -0.4 is 0 Å². The van der Waals surface area contributed by atoms with E-state index in [4.69, 9.17) is 11.6 Å². The van der Waals surface area contributed by atoms with E-state index in [0.29, 0.717) is 10.8 Å². The van der Waals surface area contributed by atoms with Crippen molar-refractivity contribution in [3.8, 4) is 5.75 Å². The molecular formula is C11H15ClO. The minimum atomic E-state index is -0.0189. The zero-order valence-electron chi connectivity index (χ0n) is 8.26. The van der Waals surface area contributed by atoms with Crippen LogP contribution in [0.4, 0.5) is 0 Å². The summed E-state index contributed by atoms with van der Waals surface area (Å²) in [5, 5.41) is 10.3. The molecule has 0 saturated carbocycles. The molecule has 1 N–H and O–H groups in total. The third-order valence-electron chi connectivity index (χ3n) is 2.57. The first-order chi connectivity index (χ1) is 5.97. The highest BCUT2D eigenvalue weighted by atomic mass is 35.5. The molecule has 1 nitrogen and oxygen atoms in total. The zero-order valence-corrected chi connectivity index (χ0v) is 9.02. The molecule has 2 heteroatoms. The molecule has 0 fully saturated rings. The van der Waals surface area contributed by atoms with Crippen LogP contribution >= 0.6 is 11.6 Å². The average molecular weight is 199 g/mol. The van der Waals surface area contributed by atoms with Crippen LogP contribution in [0.15, 0.2) is 18.2 Å². The second-order valence-electron chi connectivity index (χ2n) is 3.90. The van der Waals surface area contributed by atoms with Gasteiger partial charge in [-0.05, 0) is 30.0 Å². The normalized spacial score (nSPS) is 11.7. The fraction of sp³-hybridized carbons (Fsp3) is 0.455. The Morgan fingerprint density at radius 1 is 1.38 bits per heavy atom. The molecule has 0 heterocycles. The van der Waals surface area contributed by atoms with Crippen LogP contribution in [0, 0.1) is 0 Å². The Morgan fingerprint density at radius 2 is 2.00 bits per heavy atom. The summed E-state index contributed by atoms with van der Waals surface area (Å²) < 4.78 is 0. The Hall–Kier alpha value is -0.690. The minimum Gasteiger partial charge on any atom is -0.508 e. The van der Waals surface area contributed by atoms with E-state index in [0.717, 1.165) is 12.0 Å². The van der Waals surface area contributed by atoms with Crippen molar-refractivity contribution in [3.63, 3.8) is 0 Å². The van der Waals surface area contributed by atoms with Crippen molar-refractivity contribution < 1.29 is 5.11 Å². The maximum absolute atomic E-state index is 9.64. The van der Waals surface area contributed by atoms with Crippen LogP contribution in [0.5, 0.6) is 5.75 Å². The molecule has 0 atom stereocenters. The molecule has 13 heavy (non-hydrogen) atoms. The van der Waals surface area contributed by atoms with E-state index in [-0.39, 0.29) is 5.41 Å². The van der Waals surface area contributed by atoms with Crippen LogP contribution in [0.2, 0.25) is 5.02 Å². The number of benzene rings is 1. The number of hydrogen-bond donors (Lipinski definition) is 1. The molecule has 72 valence electrons. The van der Waals surface area contributed by atoms with Crippen molar-refractivity contribution in [2.24, 2.45) is 0 Å². The van der Waals surface area contributed by atoms with Crippen molar-refractivity contribution in [3.05, 3.63) is 28.8 Å². The Labute approximate surface area is 84.4 Å². The summed E-state index contributed by atoms with van der Waals surface area (Å²) in [6.45, 7) is 6.29. The van der Waals surface area contributed by atoms with Gasteiger partial charge in [-0.15, -0.1) is 0 Å². The van der Waals surface area contributed by atoms with Gasteiger partial charge in [-0.25, -0.2) is 0 Å². The fourth-order valence-electron chi connectivity index (χ4n) is 1.24. The summed E-state index contributed by atoms with van der Waals surface area (Å²) >= 11 is 5.87. The van der Waals surface area contributed by atoms with Crippen LogP contribution in [0.25, 0.3) is 0 Å². The molecule has 0 aliphatic heterocycles. The summed E-state index contributed by atoms with van der Waals surface area (Å²) in [7, 11) is 0. The smallest absolute Gasteiger partial charge is 0.119 e. The van der Waals surface area contributed by atoms with Crippen molar-refractivity contribution >= 4 is 11.6 Å². The molecule has 0 aromatic heterocycles. The van der Waals surface area contributed by atoms with E-state index in [1.807, 2.05) is 6.07 Å². The van der Waals surface area contributed by atoms with Gasteiger partial charge in [-0.2, -0.15) is 0 Å². The number of phenolic OH excluding ortho intramolecular Hbond substituents is 1. The monoisotopic (exact) mass is 198 g/mol. The Kier molecular flexibility index (Phi) is 2.87. The molecule has 1 rings (SSSR count). The van der Waals surface area contributed by atoms with Crippen LogP contribution in [-0.2, 0) is 5.41 Å². The van der Waals surface area contributed by atoms with E-state index >= 15 is 0 Å². The van der Waals surface area contributed by atoms with Gasteiger partial charge < -0.3 is 5.11 Å². The van der Waals surface area contributed by atoms with Gasteiger partial charge in [0.2, 0.25) is 0 Å². The van der Waals surface area contributed by atoms with Crippen molar-refractivity contribution in [2.45, 2.75) is 32.6 Å². The highest BCUT2D eigenvalue weighted by Crippen LogP contribution is 2.34. The molecule has 0 spiro atoms. The van der Waals surface area contributed by atoms with E-state index < -0.39 is 0 Å². The lowest BCUT2D eigenvalue weighted by molar-refractivity contribution is 0.429. The second kappa shape index (κ2) is 3.59. The lowest BCUT2D eigenvalue weighted by Crippen LogP contribution is -2.15. The van der Waals surface area contributed by atoms with Gasteiger partial charge in [-0.3, -0.25) is 0 Å². The van der Waals surface area contributed by atoms with Crippen molar-refractivity contribution in [1.29, 1.82) is 0 Å². The molecule has 0 unspecified atom stereocenters. The molecule has 0 saturated heterocycles. The number of hydrogen-bond acceptors (Lipinski definition) is 1. The third-order valence-corrected chi connectivity index (χ3v) is 2.81. The zero-order chi connectivity index (χ0) is 10.1. The molecule has 0 aliphatic rings. The number of phenols is 1. The third kappa shape index (κ3) is 2.16. The largest absolute Gasteiger partial charge is 0.508 e. The van der Waals surface area contributed by atoms with Crippen LogP contribution in [0.3, 0.4) is 0 Å². The second-order valence-corrected chi connectivity index (χ2v) is 4.34. The van der Waals surface area contributed by atoms with Gasteiger partial charge >= 0.3 is 0 Å². The Morgan fingerprint density at radius 3 is 2.54 bits per heavy atom. The van der Waals surface area contributed by atoms with Gasteiger partial charge in [0, 0.05) is 10.6 Å². The molecule has 0 aliphatic carbocycles. The highest BCUT2D eigenvalue weighted by molar-refractivity contribution is 6.30. The Balaban J connectivity index is 3.20. The predicted octanol–water partition coefficient (Wildman–Crippen LogP) is 3.73. The SMILES string of the molecule is CCC(C)(C)c1cc(Cl)ccc1O.